The second-order valence-electron chi connectivity index (χ2n) is 4.78. The van der Waals surface area contributed by atoms with E-state index in [2.05, 4.69) is 0 Å². The number of nitro groups is 1. The zero-order valence-corrected chi connectivity index (χ0v) is 10.6. The lowest BCUT2D eigenvalue weighted by molar-refractivity contribution is -0.384. The van der Waals surface area contributed by atoms with Gasteiger partial charge in [0.1, 0.15) is 0 Å². The highest BCUT2D eigenvalue weighted by Crippen LogP contribution is 2.29. The molecule has 0 radical (unpaired) electrons. The molecule has 2 heterocycles. The highest BCUT2D eigenvalue weighted by Gasteiger charge is 2.40. The number of nitro benzene ring substituents is 1. The molecule has 1 aromatic carbocycles. The molecule has 0 aliphatic carbocycles. The fraction of sp³-hybridized carbons (Fsp3) is 0.462. The van der Waals surface area contributed by atoms with Gasteiger partial charge in [0, 0.05) is 12.1 Å². The van der Waals surface area contributed by atoms with E-state index >= 15 is 0 Å². The SMILES string of the molecule is O=C(O[C@@H]1CC[C@H]2CO[C@@H]1O2)c1ccc([N+](=O)[O-])cc1. The predicted octanol–water partition coefficient (Wildman–Crippen LogP) is 1.66. The van der Waals surface area contributed by atoms with Crippen LogP contribution in [0, 0.1) is 10.1 Å². The lowest BCUT2D eigenvalue weighted by atomic mass is 10.1. The number of esters is 1. The van der Waals surface area contributed by atoms with E-state index in [0.29, 0.717) is 13.0 Å². The molecule has 0 saturated carbocycles. The molecular weight excluding hydrogens is 266 g/mol. The number of nitrogens with zero attached hydrogens (tertiary/aromatic N) is 1. The van der Waals surface area contributed by atoms with E-state index in [9.17, 15) is 14.9 Å². The molecule has 0 N–H and O–H groups in total. The summed E-state index contributed by atoms with van der Waals surface area (Å²) < 4.78 is 16.2. The number of benzene rings is 1. The first kappa shape index (κ1) is 13.0. The Kier molecular flexibility index (Phi) is 3.37. The Morgan fingerprint density at radius 3 is 2.75 bits per heavy atom. The summed E-state index contributed by atoms with van der Waals surface area (Å²) in [6.45, 7) is 0.538. The summed E-state index contributed by atoms with van der Waals surface area (Å²) in [6.07, 6.45) is 0.699. The van der Waals surface area contributed by atoms with Crippen molar-refractivity contribution in [2.75, 3.05) is 6.61 Å². The predicted molar refractivity (Wildman–Crippen MR) is 66.1 cm³/mol. The van der Waals surface area contributed by atoms with E-state index in [1.54, 1.807) is 0 Å². The van der Waals surface area contributed by atoms with Gasteiger partial charge < -0.3 is 14.2 Å². The van der Waals surface area contributed by atoms with Gasteiger partial charge in [0.15, 0.2) is 12.4 Å². The molecule has 2 aliphatic rings. The molecule has 2 bridgehead atoms. The van der Waals surface area contributed by atoms with Crippen molar-refractivity contribution in [2.24, 2.45) is 0 Å². The molecule has 7 heteroatoms. The molecule has 2 fully saturated rings. The zero-order valence-electron chi connectivity index (χ0n) is 10.6. The van der Waals surface area contributed by atoms with Gasteiger partial charge in [-0.3, -0.25) is 10.1 Å². The van der Waals surface area contributed by atoms with Crippen molar-refractivity contribution in [3.8, 4) is 0 Å². The Bertz CT molecular complexity index is 528. The highest BCUT2D eigenvalue weighted by molar-refractivity contribution is 5.89. The van der Waals surface area contributed by atoms with E-state index in [0.717, 1.165) is 6.42 Å². The Labute approximate surface area is 114 Å². The van der Waals surface area contributed by atoms with Crippen LogP contribution in [0.2, 0.25) is 0 Å². The van der Waals surface area contributed by atoms with Gasteiger partial charge in [0.25, 0.3) is 5.69 Å². The number of carbonyl (C=O) groups excluding carboxylic acids is 1. The second-order valence-corrected chi connectivity index (χ2v) is 4.78. The molecule has 106 valence electrons. The van der Waals surface area contributed by atoms with Gasteiger partial charge in [-0.25, -0.2) is 4.79 Å². The topological polar surface area (TPSA) is 87.9 Å². The third-order valence-corrected chi connectivity index (χ3v) is 3.42. The molecule has 1 aromatic rings. The van der Waals surface area contributed by atoms with Gasteiger partial charge in [0.2, 0.25) is 0 Å². The van der Waals surface area contributed by atoms with Crippen LogP contribution in [-0.2, 0) is 14.2 Å². The van der Waals surface area contributed by atoms with Crippen molar-refractivity contribution < 1.29 is 23.9 Å². The third-order valence-electron chi connectivity index (χ3n) is 3.42. The minimum atomic E-state index is -0.526. The van der Waals surface area contributed by atoms with Crippen LogP contribution in [0.15, 0.2) is 24.3 Å². The van der Waals surface area contributed by atoms with Crippen LogP contribution in [0.4, 0.5) is 5.69 Å². The maximum atomic E-state index is 12.0. The van der Waals surface area contributed by atoms with Crippen molar-refractivity contribution in [1.29, 1.82) is 0 Å². The molecule has 0 aromatic heterocycles. The van der Waals surface area contributed by atoms with Crippen LogP contribution in [0.5, 0.6) is 0 Å². The van der Waals surface area contributed by atoms with Crippen LogP contribution in [0.3, 0.4) is 0 Å². The van der Waals surface area contributed by atoms with Crippen molar-refractivity contribution >= 4 is 11.7 Å². The normalized spacial score (nSPS) is 28.1. The molecule has 0 amide bonds. The quantitative estimate of drug-likeness (QED) is 0.475. The maximum Gasteiger partial charge on any atom is 0.338 e. The van der Waals surface area contributed by atoms with Gasteiger partial charge in [-0.05, 0) is 25.0 Å². The van der Waals surface area contributed by atoms with E-state index in [1.165, 1.54) is 24.3 Å². The molecule has 2 saturated heterocycles. The maximum absolute atomic E-state index is 12.0. The van der Waals surface area contributed by atoms with Crippen LogP contribution in [0.1, 0.15) is 23.2 Å². The lowest BCUT2D eigenvalue weighted by Gasteiger charge is -2.26. The second kappa shape index (κ2) is 5.18. The van der Waals surface area contributed by atoms with Crippen LogP contribution < -0.4 is 0 Å². The average molecular weight is 279 g/mol. The standard InChI is InChI=1S/C13H13NO6/c15-12(8-1-3-9(4-2-8)14(16)17)20-11-6-5-10-7-18-13(11)19-10/h1-4,10-11,13H,5-7H2/t10-,11+,13+/m0/s1. The number of fused-ring (bicyclic) bond motifs is 2. The molecule has 20 heavy (non-hydrogen) atoms. The summed E-state index contributed by atoms with van der Waals surface area (Å²) in [5.41, 5.74) is 0.209. The average Bonchev–Trinajstić information content (AvgIpc) is 2.85. The van der Waals surface area contributed by atoms with Gasteiger partial charge in [-0.1, -0.05) is 0 Å². The Hall–Kier alpha value is -1.99. The Morgan fingerprint density at radius 2 is 2.05 bits per heavy atom. The minimum absolute atomic E-state index is 0.0653. The van der Waals surface area contributed by atoms with Gasteiger partial charge in [-0.2, -0.15) is 0 Å². The van der Waals surface area contributed by atoms with Gasteiger partial charge in [0.05, 0.1) is 23.2 Å². The van der Waals surface area contributed by atoms with Crippen LogP contribution in [0.25, 0.3) is 0 Å². The largest absolute Gasteiger partial charge is 0.453 e. The van der Waals surface area contributed by atoms with Crippen molar-refractivity contribution in [1.82, 2.24) is 0 Å². The summed E-state index contributed by atoms with van der Waals surface area (Å²) in [7, 11) is 0. The van der Waals surface area contributed by atoms with Crippen LogP contribution >= 0.6 is 0 Å². The fourth-order valence-electron chi connectivity index (χ4n) is 2.34. The van der Waals surface area contributed by atoms with E-state index in [-0.39, 0.29) is 17.4 Å². The van der Waals surface area contributed by atoms with Gasteiger partial charge in [-0.15, -0.1) is 0 Å². The molecule has 2 aliphatic heterocycles. The number of non-ortho nitro benzene ring substituents is 1. The van der Waals surface area contributed by atoms with Crippen molar-refractivity contribution in [3.63, 3.8) is 0 Å². The summed E-state index contributed by atoms with van der Waals surface area (Å²) in [5.74, 6) is -0.526. The minimum Gasteiger partial charge on any atom is -0.453 e. The summed E-state index contributed by atoms with van der Waals surface area (Å²) in [5, 5.41) is 10.5. The molecule has 0 spiro atoms. The van der Waals surface area contributed by atoms with Crippen molar-refractivity contribution in [3.05, 3.63) is 39.9 Å². The van der Waals surface area contributed by atoms with Gasteiger partial charge >= 0.3 is 5.97 Å². The molecule has 3 rings (SSSR count). The first-order chi connectivity index (χ1) is 9.63. The Morgan fingerprint density at radius 1 is 1.30 bits per heavy atom. The molecular formula is C13H13NO6. The number of hydrogen-bond acceptors (Lipinski definition) is 6. The number of ether oxygens (including phenoxy) is 3. The number of hydrogen-bond donors (Lipinski definition) is 0. The smallest absolute Gasteiger partial charge is 0.338 e. The monoisotopic (exact) mass is 279 g/mol. The van der Waals surface area contributed by atoms with Crippen molar-refractivity contribution in [2.45, 2.75) is 31.3 Å². The Balaban J connectivity index is 1.65. The highest BCUT2D eigenvalue weighted by atomic mass is 16.7. The summed E-state index contributed by atoms with van der Waals surface area (Å²) >= 11 is 0. The van der Waals surface area contributed by atoms with E-state index < -0.39 is 23.3 Å². The zero-order chi connectivity index (χ0) is 14.1. The van der Waals surface area contributed by atoms with Crippen LogP contribution in [-0.4, -0.2) is 36.0 Å². The summed E-state index contributed by atoms with van der Waals surface area (Å²) in [4.78, 5) is 22.0. The molecule has 7 nitrogen and oxygen atoms in total. The molecule has 3 atom stereocenters. The number of rotatable bonds is 3. The lowest BCUT2D eigenvalue weighted by Crippen LogP contribution is -2.36. The number of carbonyl (C=O) groups is 1. The molecule has 0 unspecified atom stereocenters. The fourth-order valence-corrected chi connectivity index (χ4v) is 2.34. The first-order valence-electron chi connectivity index (χ1n) is 6.36. The van der Waals surface area contributed by atoms with E-state index in [4.69, 9.17) is 14.2 Å². The third kappa shape index (κ3) is 2.50. The first-order valence-corrected chi connectivity index (χ1v) is 6.36. The van der Waals surface area contributed by atoms with E-state index in [1.807, 2.05) is 0 Å². The summed E-state index contributed by atoms with van der Waals surface area (Å²) in [6, 6.07) is 5.30.